The van der Waals surface area contributed by atoms with Crippen LogP contribution >= 0.6 is 0 Å². The van der Waals surface area contributed by atoms with Gasteiger partial charge in [0.25, 0.3) is 5.56 Å². The molecule has 1 N–H and O–H groups in total. The fraction of sp³-hybridized carbons (Fsp3) is 0.400. The maximum absolute atomic E-state index is 14.5. The second-order valence-electron chi connectivity index (χ2n) is 9.26. The molecular weight excluding hydrogens is 457 g/mol. The van der Waals surface area contributed by atoms with Gasteiger partial charge >= 0.3 is 5.97 Å². The van der Waals surface area contributed by atoms with Crippen molar-refractivity contribution in [2.24, 2.45) is 7.05 Å². The lowest BCUT2D eigenvalue weighted by molar-refractivity contribution is -0.172. The highest BCUT2D eigenvalue weighted by molar-refractivity contribution is 5.91. The number of ether oxygens (including phenoxy) is 2. The van der Waals surface area contributed by atoms with Gasteiger partial charge in [-0.05, 0) is 32.6 Å². The highest BCUT2D eigenvalue weighted by atomic mass is 19.1. The number of halogens is 1. The molecule has 0 spiro atoms. The van der Waals surface area contributed by atoms with Gasteiger partial charge in [-0.2, -0.15) is 0 Å². The maximum atomic E-state index is 14.5. The number of carbonyl (C=O) groups is 1. The van der Waals surface area contributed by atoms with E-state index in [9.17, 15) is 23.9 Å². The number of hydrogen-bond donors (Lipinski definition) is 1. The minimum atomic E-state index is -1.98. The predicted molar refractivity (Wildman–Crippen MR) is 126 cm³/mol. The van der Waals surface area contributed by atoms with Crippen molar-refractivity contribution in [1.82, 2.24) is 14.0 Å². The number of nitrogens with zero attached hydrogens (tertiary/aromatic N) is 3. The first kappa shape index (κ1) is 23.3. The molecular formula is C25H26FN3O6. The van der Waals surface area contributed by atoms with Crippen LogP contribution in [0.3, 0.4) is 0 Å². The number of cyclic esters (lactones) is 1. The third-order valence-electron chi connectivity index (χ3n) is 6.94. The van der Waals surface area contributed by atoms with Crippen LogP contribution in [0.5, 0.6) is 5.75 Å². The number of fused-ring (bicyclic) bond motifs is 5. The van der Waals surface area contributed by atoms with Crippen LogP contribution in [0.2, 0.25) is 0 Å². The van der Waals surface area contributed by atoms with E-state index in [0.29, 0.717) is 24.4 Å². The average molecular weight is 483 g/mol. The normalized spacial score (nSPS) is 18.4. The van der Waals surface area contributed by atoms with Crippen LogP contribution in [0.4, 0.5) is 4.39 Å². The minimum absolute atomic E-state index is 0.00315. The van der Waals surface area contributed by atoms with Gasteiger partial charge < -0.3 is 28.6 Å². The van der Waals surface area contributed by atoms with Gasteiger partial charge in [0.05, 0.1) is 40.0 Å². The van der Waals surface area contributed by atoms with Gasteiger partial charge in [0.1, 0.15) is 24.8 Å². The number of carbonyl (C=O) groups excluding carboxylic acids is 1. The summed E-state index contributed by atoms with van der Waals surface area (Å²) >= 11 is 0. The van der Waals surface area contributed by atoms with Crippen molar-refractivity contribution >= 4 is 16.9 Å². The van der Waals surface area contributed by atoms with Crippen LogP contribution < -0.4 is 15.7 Å². The summed E-state index contributed by atoms with van der Waals surface area (Å²) in [5, 5.41) is 11.1. The van der Waals surface area contributed by atoms with Gasteiger partial charge in [-0.25, -0.2) is 9.18 Å². The van der Waals surface area contributed by atoms with E-state index in [1.165, 1.54) is 16.7 Å². The first-order chi connectivity index (χ1) is 16.6. The molecule has 1 aromatic carbocycles. The van der Waals surface area contributed by atoms with E-state index in [0.717, 1.165) is 6.07 Å². The van der Waals surface area contributed by atoms with Crippen LogP contribution in [0.15, 0.2) is 27.8 Å². The zero-order valence-corrected chi connectivity index (χ0v) is 20.0. The second-order valence-corrected chi connectivity index (χ2v) is 9.26. The number of likely N-dealkylation sites (N-methyl/N-ethyl adjacent to an activating group) is 1. The SMILES string of the molecule is CC[C@@]1(O)C(=O)OCc2c1cc1n(c2=O)Cc2c-1c(=O)c1cc(F)cc(OCCN(C)C)c1n2C. The van der Waals surface area contributed by atoms with Gasteiger partial charge in [-0.3, -0.25) is 9.59 Å². The van der Waals surface area contributed by atoms with E-state index >= 15 is 0 Å². The molecule has 184 valence electrons. The number of aryl methyl sites for hydroxylation is 1. The quantitative estimate of drug-likeness (QED) is 0.429. The molecule has 9 nitrogen and oxygen atoms in total. The van der Waals surface area contributed by atoms with Crippen molar-refractivity contribution in [2.75, 3.05) is 27.2 Å². The highest BCUT2D eigenvalue weighted by Crippen LogP contribution is 2.39. The minimum Gasteiger partial charge on any atom is -0.490 e. The summed E-state index contributed by atoms with van der Waals surface area (Å²) in [5.74, 6) is -1.20. The number of aliphatic hydroxyl groups is 1. The molecule has 0 aliphatic carbocycles. The predicted octanol–water partition coefficient (Wildman–Crippen LogP) is 1.46. The van der Waals surface area contributed by atoms with E-state index in [1.807, 2.05) is 19.0 Å². The lowest BCUT2D eigenvalue weighted by Crippen LogP contribution is -2.44. The zero-order valence-electron chi connectivity index (χ0n) is 20.0. The smallest absolute Gasteiger partial charge is 0.343 e. The van der Waals surface area contributed by atoms with E-state index in [2.05, 4.69) is 0 Å². The Labute approximate surface area is 199 Å². The first-order valence-electron chi connectivity index (χ1n) is 11.4. The van der Waals surface area contributed by atoms with Crippen LogP contribution in [-0.2, 0) is 35.3 Å². The molecule has 1 atom stereocenters. The zero-order chi connectivity index (χ0) is 25.2. The molecule has 2 aliphatic rings. The van der Waals surface area contributed by atoms with Crippen LogP contribution in [0.1, 0.15) is 30.2 Å². The van der Waals surface area contributed by atoms with Crippen molar-refractivity contribution in [3.63, 3.8) is 0 Å². The molecule has 2 aliphatic heterocycles. The van der Waals surface area contributed by atoms with Crippen LogP contribution in [0, 0.1) is 5.82 Å². The monoisotopic (exact) mass is 483 g/mol. The summed E-state index contributed by atoms with van der Waals surface area (Å²) in [6, 6.07) is 3.93. The average Bonchev–Trinajstić information content (AvgIpc) is 3.20. The van der Waals surface area contributed by atoms with Crippen molar-refractivity contribution in [3.05, 3.63) is 61.4 Å². The number of aromatic nitrogens is 2. The molecule has 5 rings (SSSR count). The van der Waals surface area contributed by atoms with Gasteiger partial charge in [0, 0.05) is 25.2 Å². The molecule has 0 unspecified atom stereocenters. The number of esters is 1. The van der Waals surface area contributed by atoms with E-state index in [4.69, 9.17) is 9.47 Å². The van der Waals surface area contributed by atoms with Gasteiger partial charge in [0.2, 0.25) is 0 Å². The van der Waals surface area contributed by atoms with Crippen LogP contribution in [-0.4, -0.2) is 52.4 Å². The molecule has 0 saturated heterocycles. The van der Waals surface area contributed by atoms with Gasteiger partial charge in [-0.1, -0.05) is 6.92 Å². The first-order valence-corrected chi connectivity index (χ1v) is 11.4. The second kappa shape index (κ2) is 8.03. The number of hydrogen-bond acceptors (Lipinski definition) is 7. The highest BCUT2D eigenvalue weighted by Gasteiger charge is 2.45. The van der Waals surface area contributed by atoms with Crippen molar-refractivity contribution in [1.29, 1.82) is 0 Å². The summed E-state index contributed by atoms with van der Waals surface area (Å²) in [4.78, 5) is 41.4. The summed E-state index contributed by atoms with van der Waals surface area (Å²) in [7, 11) is 5.52. The molecule has 0 bridgehead atoms. The summed E-state index contributed by atoms with van der Waals surface area (Å²) in [6.07, 6.45) is 0.00315. The molecule has 3 aromatic rings. The van der Waals surface area contributed by atoms with E-state index in [1.54, 1.807) is 18.5 Å². The van der Waals surface area contributed by atoms with Crippen molar-refractivity contribution in [3.8, 4) is 17.0 Å². The molecule has 0 saturated carbocycles. The van der Waals surface area contributed by atoms with Crippen molar-refractivity contribution in [2.45, 2.75) is 32.1 Å². The lowest BCUT2D eigenvalue weighted by Gasteiger charge is -2.31. The number of rotatable bonds is 5. The van der Waals surface area contributed by atoms with Crippen LogP contribution in [0.25, 0.3) is 22.2 Å². The Kier molecular flexibility index (Phi) is 5.33. The fourth-order valence-electron chi connectivity index (χ4n) is 4.97. The molecule has 35 heavy (non-hydrogen) atoms. The summed E-state index contributed by atoms with van der Waals surface area (Å²) in [6.45, 7) is 2.37. The summed E-state index contributed by atoms with van der Waals surface area (Å²) < 4.78 is 28.7. The largest absolute Gasteiger partial charge is 0.490 e. The molecule has 0 fully saturated rings. The Morgan fingerprint density at radius 3 is 2.66 bits per heavy atom. The Bertz CT molecular complexity index is 1520. The molecule has 10 heteroatoms. The van der Waals surface area contributed by atoms with Gasteiger partial charge in [0.15, 0.2) is 11.0 Å². The van der Waals surface area contributed by atoms with E-state index < -0.39 is 28.4 Å². The number of pyridine rings is 2. The molecule has 2 aromatic heterocycles. The Morgan fingerprint density at radius 1 is 1.23 bits per heavy atom. The maximum Gasteiger partial charge on any atom is 0.343 e. The van der Waals surface area contributed by atoms with Gasteiger partial charge in [-0.15, -0.1) is 0 Å². The Balaban J connectivity index is 1.76. The topological polar surface area (TPSA) is 103 Å². The number of benzene rings is 1. The molecule has 0 radical (unpaired) electrons. The molecule has 0 amide bonds. The Morgan fingerprint density at radius 2 is 1.97 bits per heavy atom. The third kappa shape index (κ3) is 3.31. The van der Waals surface area contributed by atoms with Crippen molar-refractivity contribution < 1.29 is 23.8 Å². The summed E-state index contributed by atoms with van der Waals surface area (Å²) in [5.41, 5.74) is -1.03. The standard InChI is InChI=1S/C25H26FN3O6/c1-5-25(33)16-10-17-20-18(11-29(17)23(31)15(16)12-35-24(25)32)28(4)21-14(22(20)30)8-13(26)9-19(21)34-7-6-27(2)3/h8-10,33H,5-7,11-12H2,1-4H3/t25-/m0/s1. The lowest BCUT2D eigenvalue weighted by atomic mass is 9.86. The Hall–Kier alpha value is -3.50. The molecule has 4 heterocycles. The third-order valence-corrected chi connectivity index (χ3v) is 6.94. The fourth-order valence-corrected chi connectivity index (χ4v) is 4.97. The van der Waals surface area contributed by atoms with E-state index in [-0.39, 0.29) is 53.1 Å².